The molecule has 0 aromatic rings. The highest BCUT2D eigenvalue weighted by Gasteiger charge is 2.63. The van der Waals surface area contributed by atoms with E-state index in [-0.39, 0.29) is 33.9 Å². The van der Waals surface area contributed by atoms with Gasteiger partial charge in [-0.25, -0.2) is 0 Å². The van der Waals surface area contributed by atoms with E-state index >= 15 is 0 Å². The largest absolute Gasteiger partial charge is 0.365 e. The minimum atomic E-state index is -0.369. The summed E-state index contributed by atoms with van der Waals surface area (Å²) in [6, 6.07) is 2.15. The van der Waals surface area contributed by atoms with Crippen LogP contribution in [0.15, 0.2) is 23.3 Å². The van der Waals surface area contributed by atoms with Gasteiger partial charge >= 0.3 is 0 Å². The third-order valence-corrected chi connectivity index (χ3v) is 11.6. The molecule has 1 saturated heterocycles. The Kier molecular flexibility index (Phi) is 5.48. The maximum atomic E-state index is 14.2. The second-order valence-corrected chi connectivity index (χ2v) is 13.2. The Hall–Kier alpha value is -1.77. The highest BCUT2D eigenvalue weighted by Crippen LogP contribution is 2.68. The number of nitrogens with zero attached hydrogens (tertiary/aromatic N) is 2. The Labute approximate surface area is 209 Å². The minimum absolute atomic E-state index is 0.0245. The summed E-state index contributed by atoms with van der Waals surface area (Å²) < 4.78 is 5.70. The molecule has 0 radical (unpaired) electrons. The summed E-state index contributed by atoms with van der Waals surface area (Å²) in [5.74, 6) is 1.95. The van der Waals surface area contributed by atoms with Crippen molar-refractivity contribution < 1.29 is 14.3 Å². The lowest BCUT2D eigenvalue weighted by atomic mass is 9.40. The van der Waals surface area contributed by atoms with Gasteiger partial charge in [0.15, 0.2) is 11.6 Å². The molecule has 0 spiro atoms. The first kappa shape index (κ1) is 23.6. The first-order chi connectivity index (χ1) is 16.7. The molecule has 5 nitrogen and oxygen atoms in total. The highest BCUT2D eigenvalue weighted by atomic mass is 16.5. The molecule has 3 saturated carbocycles. The molecule has 1 heterocycles. The Morgan fingerprint density at radius 3 is 2.74 bits per heavy atom. The van der Waals surface area contributed by atoms with E-state index in [1.165, 1.54) is 31.3 Å². The van der Waals surface area contributed by atoms with Gasteiger partial charge in [0.25, 0.3) is 0 Å². The van der Waals surface area contributed by atoms with Crippen molar-refractivity contribution in [3.05, 3.63) is 23.3 Å². The zero-order valence-corrected chi connectivity index (χ0v) is 21.6. The maximum absolute atomic E-state index is 14.2. The Morgan fingerprint density at radius 1 is 1.17 bits per heavy atom. The van der Waals surface area contributed by atoms with Crippen molar-refractivity contribution in [1.82, 2.24) is 4.90 Å². The van der Waals surface area contributed by atoms with E-state index < -0.39 is 0 Å². The number of nitriles is 1. The van der Waals surface area contributed by atoms with E-state index in [0.717, 1.165) is 45.7 Å². The average Bonchev–Trinajstić information content (AvgIpc) is 3.33. The van der Waals surface area contributed by atoms with Gasteiger partial charge in [-0.3, -0.25) is 14.5 Å². The summed E-state index contributed by atoms with van der Waals surface area (Å²) in [6.07, 6.45) is 12.5. The number of allylic oxidation sites excluding steroid dienone is 4. The van der Waals surface area contributed by atoms with E-state index in [2.05, 4.69) is 31.7 Å². The average molecular weight is 477 g/mol. The van der Waals surface area contributed by atoms with E-state index in [4.69, 9.17) is 4.74 Å². The topological polar surface area (TPSA) is 70.4 Å². The Balaban J connectivity index is 1.42. The third-order valence-electron chi connectivity index (χ3n) is 11.6. The molecule has 0 aromatic heterocycles. The molecule has 4 fully saturated rings. The number of hydrogen-bond acceptors (Lipinski definition) is 5. The highest BCUT2D eigenvalue weighted by molar-refractivity contribution is 6.01. The van der Waals surface area contributed by atoms with E-state index in [1.54, 1.807) is 0 Å². The molecule has 5 aliphatic carbocycles. The maximum Gasteiger partial charge on any atom is 0.173 e. The molecule has 6 rings (SSSR count). The lowest BCUT2D eigenvalue weighted by Crippen LogP contribution is -2.61. The number of ether oxygens (including phenoxy) is 1. The van der Waals surface area contributed by atoms with Gasteiger partial charge in [-0.05, 0) is 72.7 Å². The molecular weight excluding hydrogens is 436 g/mol. The molecule has 5 heteroatoms. The van der Waals surface area contributed by atoms with Gasteiger partial charge in [0.05, 0.1) is 18.9 Å². The number of carbonyl (C=O) groups is 2. The number of hydrogen-bond donors (Lipinski definition) is 0. The molecular formula is C30H40N2O3. The van der Waals surface area contributed by atoms with Crippen molar-refractivity contribution >= 4 is 11.6 Å². The zero-order valence-electron chi connectivity index (χ0n) is 21.6. The zero-order chi connectivity index (χ0) is 24.6. The molecule has 188 valence electrons. The summed E-state index contributed by atoms with van der Waals surface area (Å²) in [6.45, 7) is 10.7. The van der Waals surface area contributed by atoms with Gasteiger partial charge in [0.2, 0.25) is 0 Å². The van der Waals surface area contributed by atoms with Crippen LogP contribution in [-0.2, 0) is 14.3 Å². The van der Waals surface area contributed by atoms with Crippen LogP contribution in [0.2, 0.25) is 0 Å². The van der Waals surface area contributed by atoms with Crippen molar-refractivity contribution in [2.24, 2.45) is 45.8 Å². The van der Waals surface area contributed by atoms with Crippen molar-refractivity contribution in [3.8, 4) is 6.07 Å². The first-order valence-corrected chi connectivity index (χ1v) is 13.9. The fourth-order valence-electron chi connectivity index (χ4n) is 10.0. The quantitative estimate of drug-likeness (QED) is 0.556. The minimum Gasteiger partial charge on any atom is -0.365 e. The predicted octanol–water partition coefficient (Wildman–Crippen LogP) is 5.08. The van der Waals surface area contributed by atoms with Crippen LogP contribution in [0, 0.1) is 57.2 Å². The van der Waals surface area contributed by atoms with Crippen LogP contribution in [0.4, 0.5) is 0 Å². The monoisotopic (exact) mass is 476 g/mol. The van der Waals surface area contributed by atoms with Gasteiger partial charge in [0, 0.05) is 30.8 Å². The number of Topliss-reactive ketones (excluding diaryl/α,β-unsaturated/α-hetero) is 1. The summed E-state index contributed by atoms with van der Waals surface area (Å²) in [7, 11) is 0. The molecule has 35 heavy (non-hydrogen) atoms. The van der Waals surface area contributed by atoms with Gasteiger partial charge in [-0.15, -0.1) is 0 Å². The molecule has 1 aliphatic heterocycles. The van der Waals surface area contributed by atoms with Crippen LogP contribution in [-0.4, -0.2) is 42.9 Å². The summed E-state index contributed by atoms with van der Waals surface area (Å²) in [4.78, 5) is 29.2. The molecule has 0 N–H and O–H groups in total. The van der Waals surface area contributed by atoms with Gasteiger partial charge in [0.1, 0.15) is 6.07 Å². The lowest BCUT2D eigenvalue weighted by molar-refractivity contribution is -0.149. The fourth-order valence-corrected chi connectivity index (χ4v) is 10.0. The number of rotatable bonds is 2. The second-order valence-electron chi connectivity index (χ2n) is 13.2. The fraction of sp³-hybridized carbons (Fsp3) is 0.767. The number of carbonyl (C=O) groups excluding carboxylic acids is 2. The molecule has 0 aromatic carbocycles. The third kappa shape index (κ3) is 3.32. The Bertz CT molecular complexity index is 1050. The molecule has 0 bridgehead atoms. The van der Waals surface area contributed by atoms with Gasteiger partial charge in [-0.1, -0.05) is 45.3 Å². The van der Waals surface area contributed by atoms with Crippen LogP contribution in [0.1, 0.15) is 72.1 Å². The van der Waals surface area contributed by atoms with E-state index in [1.807, 2.05) is 12.2 Å². The van der Waals surface area contributed by atoms with Crippen LogP contribution in [0.25, 0.3) is 0 Å². The molecule has 8 unspecified atom stereocenters. The Morgan fingerprint density at radius 2 is 2.00 bits per heavy atom. The van der Waals surface area contributed by atoms with Crippen molar-refractivity contribution in [2.45, 2.75) is 72.1 Å². The molecule has 8 atom stereocenters. The van der Waals surface area contributed by atoms with Crippen LogP contribution in [0.5, 0.6) is 0 Å². The van der Waals surface area contributed by atoms with Gasteiger partial charge < -0.3 is 4.74 Å². The van der Waals surface area contributed by atoms with Crippen molar-refractivity contribution in [1.29, 1.82) is 5.26 Å². The predicted molar refractivity (Wildman–Crippen MR) is 133 cm³/mol. The van der Waals surface area contributed by atoms with E-state index in [0.29, 0.717) is 35.5 Å². The summed E-state index contributed by atoms with van der Waals surface area (Å²) >= 11 is 0. The van der Waals surface area contributed by atoms with Crippen LogP contribution < -0.4 is 0 Å². The van der Waals surface area contributed by atoms with Crippen molar-refractivity contribution in [3.63, 3.8) is 0 Å². The molecule has 6 aliphatic rings. The van der Waals surface area contributed by atoms with Crippen LogP contribution >= 0.6 is 0 Å². The SMILES string of the molecule is CC1CCCC2(CN3CCOC3)CCC3C(C(=O)C=C4C5(C)C=C(C#N)C(=O)CC5CCC43C)C12. The van der Waals surface area contributed by atoms with Gasteiger partial charge in [-0.2, -0.15) is 5.26 Å². The second kappa shape index (κ2) is 8.12. The normalized spacial score (nSPS) is 47.5. The smallest absolute Gasteiger partial charge is 0.173 e. The first-order valence-electron chi connectivity index (χ1n) is 13.9. The lowest BCUT2D eigenvalue weighted by Gasteiger charge is -2.64. The summed E-state index contributed by atoms with van der Waals surface area (Å²) in [5.41, 5.74) is 1.32. The van der Waals surface area contributed by atoms with Crippen molar-refractivity contribution in [2.75, 3.05) is 26.4 Å². The summed E-state index contributed by atoms with van der Waals surface area (Å²) in [5, 5.41) is 9.63. The number of ketones is 2. The number of fused-ring (bicyclic) bond motifs is 7. The standard InChI is InChI=1S/C30H40N2O3/c1-19-5-4-8-30(17-32-11-12-35-18-32)10-7-22-26(27(19)30)24(34)14-25-28(22,2)9-6-21-13-23(33)20(16-31)15-29(21,25)3/h14-15,19,21-22,26-27H,4-13,17-18H2,1-3H3. The molecule has 0 amide bonds. The van der Waals surface area contributed by atoms with Crippen LogP contribution in [0.3, 0.4) is 0 Å². The van der Waals surface area contributed by atoms with E-state index in [9.17, 15) is 14.9 Å².